The zero-order valence-electron chi connectivity index (χ0n) is 8.37. The molecule has 0 aromatic heterocycles. The summed E-state index contributed by atoms with van der Waals surface area (Å²) < 4.78 is 5.48. The number of ether oxygens (including phenoxy) is 1. The van der Waals surface area contributed by atoms with Gasteiger partial charge in [0.1, 0.15) is 0 Å². The van der Waals surface area contributed by atoms with Crippen molar-refractivity contribution in [2.45, 2.75) is 44.6 Å². The van der Waals surface area contributed by atoms with E-state index in [-0.39, 0.29) is 0 Å². The first-order chi connectivity index (χ1) is 6.38. The Labute approximate surface area is 80.8 Å². The first kappa shape index (κ1) is 9.47. The molecule has 2 aliphatic rings. The van der Waals surface area contributed by atoms with Crippen LogP contribution in [-0.4, -0.2) is 19.3 Å². The van der Waals surface area contributed by atoms with Crippen molar-refractivity contribution in [1.82, 2.24) is 0 Å². The minimum absolute atomic E-state index is 0.419. The maximum Gasteiger partial charge on any atom is 0.0509 e. The van der Waals surface area contributed by atoms with Gasteiger partial charge in [0.15, 0.2) is 0 Å². The Bertz CT molecular complexity index is 148. The molecule has 0 spiro atoms. The van der Waals surface area contributed by atoms with E-state index < -0.39 is 0 Å². The lowest BCUT2D eigenvalue weighted by molar-refractivity contribution is 0.0365. The van der Waals surface area contributed by atoms with Gasteiger partial charge in [0.25, 0.3) is 0 Å². The molecule has 2 nitrogen and oxygen atoms in total. The third-order valence-electron chi connectivity index (χ3n) is 3.68. The summed E-state index contributed by atoms with van der Waals surface area (Å²) in [6.07, 6.45) is 8.01. The van der Waals surface area contributed by atoms with Crippen LogP contribution in [-0.2, 0) is 4.74 Å². The SMILES string of the molecule is NC(C1CCCC1)C1CCCOC1. The van der Waals surface area contributed by atoms with Crippen molar-refractivity contribution < 1.29 is 4.74 Å². The summed E-state index contributed by atoms with van der Waals surface area (Å²) in [5.41, 5.74) is 6.27. The lowest BCUT2D eigenvalue weighted by atomic mass is 9.85. The Morgan fingerprint density at radius 3 is 2.31 bits per heavy atom. The smallest absolute Gasteiger partial charge is 0.0509 e. The minimum Gasteiger partial charge on any atom is -0.381 e. The molecule has 0 amide bonds. The molecule has 2 unspecified atom stereocenters. The van der Waals surface area contributed by atoms with E-state index in [4.69, 9.17) is 10.5 Å². The minimum atomic E-state index is 0.419. The topological polar surface area (TPSA) is 35.2 Å². The van der Waals surface area contributed by atoms with Crippen LogP contribution in [0.3, 0.4) is 0 Å². The average Bonchev–Trinajstić information content (AvgIpc) is 2.71. The number of hydrogen-bond donors (Lipinski definition) is 1. The molecule has 2 N–H and O–H groups in total. The average molecular weight is 183 g/mol. The van der Waals surface area contributed by atoms with Gasteiger partial charge in [-0.15, -0.1) is 0 Å². The summed E-state index contributed by atoms with van der Waals surface area (Å²) in [6, 6.07) is 0.419. The number of nitrogens with two attached hydrogens (primary N) is 1. The van der Waals surface area contributed by atoms with Gasteiger partial charge < -0.3 is 10.5 Å². The van der Waals surface area contributed by atoms with Gasteiger partial charge in [-0.05, 0) is 37.5 Å². The lowest BCUT2D eigenvalue weighted by Gasteiger charge is -2.31. The van der Waals surface area contributed by atoms with Crippen LogP contribution in [0.25, 0.3) is 0 Å². The Kier molecular flexibility index (Phi) is 3.23. The van der Waals surface area contributed by atoms with Gasteiger partial charge >= 0.3 is 0 Å². The molecule has 0 bridgehead atoms. The van der Waals surface area contributed by atoms with Crippen molar-refractivity contribution in [3.63, 3.8) is 0 Å². The Morgan fingerprint density at radius 1 is 1.00 bits per heavy atom. The molecule has 13 heavy (non-hydrogen) atoms. The quantitative estimate of drug-likeness (QED) is 0.710. The van der Waals surface area contributed by atoms with E-state index in [1.165, 1.54) is 38.5 Å². The van der Waals surface area contributed by atoms with Crippen molar-refractivity contribution in [3.8, 4) is 0 Å². The highest BCUT2D eigenvalue weighted by Crippen LogP contribution is 2.32. The summed E-state index contributed by atoms with van der Waals surface area (Å²) >= 11 is 0. The largest absolute Gasteiger partial charge is 0.381 e. The second kappa shape index (κ2) is 4.43. The number of rotatable bonds is 2. The standard InChI is InChI=1S/C11H21NO/c12-11(9-4-1-2-5-9)10-6-3-7-13-8-10/h9-11H,1-8,12H2. The van der Waals surface area contributed by atoms with E-state index >= 15 is 0 Å². The van der Waals surface area contributed by atoms with E-state index in [9.17, 15) is 0 Å². The van der Waals surface area contributed by atoms with Crippen LogP contribution in [0.2, 0.25) is 0 Å². The predicted molar refractivity (Wildman–Crippen MR) is 53.5 cm³/mol. The first-order valence-corrected chi connectivity index (χ1v) is 5.71. The third-order valence-corrected chi connectivity index (χ3v) is 3.68. The van der Waals surface area contributed by atoms with Gasteiger partial charge in [-0.3, -0.25) is 0 Å². The summed E-state index contributed by atoms with van der Waals surface area (Å²) in [4.78, 5) is 0. The zero-order valence-corrected chi connectivity index (χ0v) is 8.37. The second-order valence-corrected chi connectivity index (χ2v) is 4.60. The normalized spacial score (nSPS) is 33.5. The molecule has 1 aliphatic heterocycles. The van der Waals surface area contributed by atoms with Gasteiger partial charge in [0.2, 0.25) is 0 Å². The van der Waals surface area contributed by atoms with Crippen LogP contribution in [0.1, 0.15) is 38.5 Å². The molecule has 2 atom stereocenters. The molecule has 2 rings (SSSR count). The maximum atomic E-state index is 6.27. The van der Waals surface area contributed by atoms with Gasteiger partial charge in [0, 0.05) is 12.6 Å². The second-order valence-electron chi connectivity index (χ2n) is 4.60. The molecule has 1 heterocycles. The van der Waals surface area contributed by atoms with Crippen LogP contribution in [0.15, 0.2) is 0 Å². The third kappa shape index (κ3) is 2.23. The van der Waals surface area contributed by atoms with E-state index in [0.717, 1.165) is 19.1 Å². The van der Waals surface area contributed by atoms with Crippen LogP contribution < -0.4 is 5.73 Å². The molecule has 1 saturated heterocycles. The summed E-state index contributed by atoms with van der Waals surface area (Å²) in [5.74, 6) is 1.45. The van der Waals surface area contributed by atoms with Gasteiger partial charge in [-0.1, -0.05) is 12.8 Å². The number of hydrogen-bond acceptors (Lipinski definition) is 2. The Balaban J connectivity index is 1.83. The zero-order chi connectivity index (χ0) is 9.10. The van der Waals surface area contributed by atoms with E-state index in [1.807, 2.05) is 0 Å². The molecule has 76 valence electrons. The highest BCUT2D eigenvalue weighted by atomic mass is 16.5. The van der Waals surface area contributed by atoms with Crippen molar-refractivity contribution in [1.29, 1.82) is 0 Å². The van der Waals surface area contributed by atoms with Crippen molar-refractivity contribution >= 4 is 0 Å². The molecule has 0 aromatic rings. The molecule has 2 fully saturated rings. The Hall–Kier alpha value is -0.0800. The fraction of sp³-hybridized carbons (Fsp3) is 1.00. The van der Waals surface area contributed by atoms with Crippen LogP contribution >= 0.6 is 0 Å². The molecular formula is C11H21NO. The van der Waals surface area contributed by atoms with Gasteiger partial charge in [-0.2, -0.15) is 0 Å². The predicted octanol–water partition coefficient (Wildman–Crippen LogP) is 1.93. The lowest BCUT2D eigenvalue weighted by Crippen LogP contribution is -2.40. The fourth-order valence-electron chi connectivity index (χ4n) is 2.80. The molecular weight excluding hydrogens is 162 g/mol. The summed E-state index contributed by atoms with van der Waals surface area (Å²) in [6.45, 7) is 1.87. The summed E-state index contributed by atoms with van der Waals surface area (Å²) in [5, 5.41) is 0. The van der Waals surface area contributed by atoms with Gasteiger partial charge in [-0.25, -0.2) is 0 Å². The first-order valence-electron chi connectivity index (χ1n) is 5.71. The summed E-state index contributed by atoms with van der Waals surface area (Å²) in [7, 11) is 0. The van der Waals surface area contributed by atoms with Crippen LogP contribution in [0.5, 0.6) is 0 Å². The van der Waals surface area contributed by atoms with E-state index in [1.54, 1.807) is 0 Å². The maximum absolute atomic E-state index is 6.27. The van der Waals surface area contributed by atoms with Crippen molar-refractivity contribution in [3.05, 3.63) is 0 Å². The molecule has 0 radical (unpaired) electrons. The molecule has 1 saturated carbocycles. The monoisotopic (exact) mass is 183 g/mol. The van der Waals surface area contributed by atoms with Crippen LogP contribution in [0, 0.1) is 11.8 Å². The fourth-order valence-corrected chi connectivity index (χ4v) is 2.80. The van der Waals surface area contributed by atoms with Crippen molar-refractivity contribution in [2.75, 3.05) is 13.2 Å². The highest BCUT2D eigenvalue weighted by Gasteiger charge is 2.29. The molecule has 2 heteroatoms. The van der Waals surface area contributed by atoms with Gasteiger partial charge in [0.05, 0.1) is 6.61 Å². The highest BCUT2D eigenvalue weighted by molar-refractivity contribution is 4.84. The van der Waals surface area contributed by atoms with E-state index in [0.29, 0.717) is 12.0 Å². The molecule has 0 aromatic carbocycles. The van der Waals surface area contributed by atoms with Crippen molar-refractivity contribution in [2.24, 2.45) is 17.6 Å². The van der Waals surface area contributed by atoms with E-state index in [2.05, 4.69) is 0 Å². The molecule has 1 aliphatic carbocycles. The van der Waals surface area contributed by atoms with Crippen LogP contribution in [0.4, 0.5) is 0 Å². The Morgan fingerprint density at radius 2 is 1.69 bits per heavy atom.